The normalized spacial score (nSPS) is 38.4. The first kappa shape index (κ1) is 24.1. The largest absolute Gasteiger partial charge is 0.393 e. The number of benzene rings is 1. The van der Waals surface area contributed by atoms with Gasteiger partial charge in [0.2, 0.25) is 0 Å². The molecule has 37 heavy (non-hydrogen) atoms. The van der Waals surface area contributed by atoms with Crippen LogP contribution < -0.4 is 0 Å². The molecule has 0 amide bonds. The molecule has 0 aliphatic heterocycles. The zero-order chi connectivity index (χ0) is 25.6. The Labute approximate surface area is 224 Å². The van der Waals surface area contributed by atoms with Gasteiger partial charge in [0.1, 0.15) is 5.60 Å². The number of thioether (sulfide) groups is 1. The van der Waals surface area contributed by atoms with Crippen molar-refractivity contribution in [3.05, 3.63) is 47.4 Å². The molecule has 0 bridgehead atoms. The lowest BCUT2D eigenvalue weighted by atomic mass is 9.45. The maximum absolute atomic E-state index is 13.7. The molecular formula is C29H32N2O4S2. The fraction of sp³-hybridized carbons (Fsp3) is 0.552. The van der Waals surface area contributed by atoms with Crippen molar-refractivity contribution < 1.29 is 19.5 Å². The van der Waals surface area contributed by atoms with Gasteiger partial charge in [-0.3, -0.25) is 4.79 Å². The van der Waals surface area contributed by atoms with Crippen LogP contribution in [0, 0.1) is 28.6 Å². The highest BCUT2D eigenvalue weighted by molar-refractivity contribution is 8.01. The number of hydrogen-bond acceptors (Lipinski definition) is 8. The molecule has 8 heteroatoms. The molecule has 4 aliphatic carbocycles. The number of thiazole rings is 1. The topological polar surface area (TPSA) is 96.5 Å². The first-order valence-electron chi connectivity index (χ1n) is 13.3. The van der Waals surface area contributed by atoms with Gasteiger partial charge in [0.15, 0.2) is 15.9 Å². The monoisotopic (exact) mass is 536 g/mol. The second kappa shape index (κ2) is 8.25. The van der Waals surface area contributed by atoms with Gasteiger partial charge in [-0.05, 0) is 79.9 Å². The Hall–Kier alpha value is -2.00. The summed E-state index contributed by atoms with van der Waals surface area (Å²) >= 11 is 3.01. The van der Waals surface area contributed by atoms with E-state index in [4.69, 9.17) is 4.52 Å². The predicted molar refractivity (Wildman–Crippen MR) is 144 cm³/mol. The number of ketones is 1. The van der Waals surface area contributed by atoms with Crippen molar-refractivity contribution in [3.63, 3.8) is 0 Å². The van der Waals surface area contributed by atoms with E-state index in [1.807, 2.05) is 30.5 Å². The number of aliphatic hydroxyl groups is 2. The molecule has 4 unspecified atom stereocenters. The van der Waals surface area contributed by atoms with Gasteiger partial charge in [-0.1, -0.05) is 48.5 Å². The number of aliphatic hydroxyl groups excluding tert-OH is 1. The van der Waals surface area contributed by atoms with E-state index in [1.54, 1.807) is 11.3 Å². The molecule has 2 N–H and O–H groups in total. The zero-order valence-corrected chi connectivity index (χ0v) is 22.8. The van der Waals surface area contributed by atoms with Crippen LogP contribution in [0.15, 0.2) is 44.9 Å². The maximum Gasteiger partial charge on any atom is 0.175 e. The molecule has 0 saturated heterocycles. The number of allylic oxidation sites excluding steroid dienone is 1. The van der Waals surface area contributed by atoms with E-state index in [-0.39, 0.29) is 34.7 Å². The molecular weight excluding hydrogens is 504 g/mol. The van der Waals surface area contributed by atoms with E-state index in [2.05, 4.69) is 30.1 Å². The molecule has 2 aromatic heterocycles. The smallest absolute Gasteiger partial charge is 0.175 e. The number of aromatic nitrogens is 2. The lowest BCUT2D eigenvalue weighted by Gasteiger charge is -2.60. The van der Waals surface area contributed by atoms with Crippen molar-refractivity contribution >= 4 is 45.2 Å². The number of hydrogen-bond donors (Lipinski definition) is 2. The second-order valence-corrected chi connectivity index (χ2v) is 14.3. The van der Waals surface area contributed by atoms with Gasteiger partial charge in [-0.25, -0.2) is 4.98 Å². The number of para-hydroxylation sites is 1. The number of rotatable bonds is 4. The molecule has 0 spiro atoms. The van der Waals surface area contributed by atoms with E-state index in [0.29, 0.717) is 12.8 Å². The second-order valence-electron chi connectivity index (χ2n) is 12.1. The van der Waals surface area contributed by atoms with E-state index < -0.39 is 17.1 Å². The SMILES string of the molecule is C[C@]12Cc3cnoc3C=C1CCC1C2C(O)C[C@@]2(C)C1CC[C@]2(O)C(=O)CSc1nc2ccccc2s1. The standard InChI is InChI=1S/C29H32N2O4S2/c1-27-12-16-14-30-35-22(16)11-17(27)7-8-18-19-9-10-29(34,28(19,2)13-21(32)25(18)27)24(33)15-36-26-31-20-5-3-4-6-23(20)37-26/h3-6,11,14,18-19,21,25,32,34H,7-10,12-13,15H2,1-2H3/t18?,19?,21?,25?,27-,28-,29-/m0/s1. The Bertz CT molecular complexity index is 1400. The molecule has 7 atom stereocenters. The number of Topliss-reactive ketones (excluding diaryl/α,β-unsaturated/α-hetero) is 1. The number of nitrogens with zero attached hydrogens (tertiary/aromatic N) is 2. The first-order chi connectivity index (χ1) is 17.7. The molecule has 7 rings (SSSR count). The first-order valence-corrected chi connectivity index (χ1v) is 15.1. The average Bonchev–Trinajstić information content (AvgIpc) is 3.56. The third-order valence-corrected chi connectivity index (χ3v) is 12.6. The minimum atomic E-state index is -1.42. The Balaban J connectivity index is 1.14. The van der Waals surface area contributed by atoms with Gasteiger partial charge in [0.25, 0.3) is 0 Å². The van der Waals surface area contributed by atoms with Crippen LogP contribution in [0.25, 0.3) is 16.3 Å². The number of fused-ring (bicyclic) bond motifs is 7. The van der Waals surface area contributed by atoms with Crippen LogP contribution >= 0.6 is 23.1 Å². The molecule has 4 aliphatic rings. The van der Waals surface area contributed by atoms with Crippen LogP contribution in [0.5, 0.6) is 0 Å². The van der Waals surface area contributed by atoms with E-state index in [1.165, 1.54) is 17.3 Å². The van der Waals surface area contributed by atoms with Crippen LogP contribution in [0.2, 0.25) is 0 Å². The van der Waals surface area contributed by atoms with Crippen molar-refractivity contribution in [1.82, 2.24) is 10.1 Å². The third kappa shape index (κ3) is 3.35. The van der Waals surface area contributed by atoms with Crippen molar-refractivity contribution in [1.29, 1.82) is 0 Å². The van der Waals surface area contributed by atoms with Crippen LogP contribution in [0.1, 0.15) is 57.3 Å². The molecule has 1 aromatic carbocycles. The average molecular weight is 537 g/mol. The molecule has 2 heterocycles. The van der Waals surface area contributed by atoms with Crippen LogP contribution in [-0.4, -0.2) is 43.6 Å². The summed E-state index contributed by atoms with van der Waals surface area (Å²) in [7, 11) is 0. The van der Waals surface area contributed by atoms with Gasteiger partial charge >= 0.3 is 0 Å². The fourth-order valence-corrected chi connectivity index (χ4v) is 10.7. The molecule has 3 aromatic rings. The highest BCUT2D eigenvalue weighted by Crippen LogP contribution is 2.67. The summed E-state index contributed by atoms with van der Waals surface area (Å²) in [5.41, 5.74) is 1.19. The van der Waals surface area contributed by atoms with Gasteiger partial charge in [-0.2, -0.15) is 0 Å². The lowest BCUT2D eigenvalue weighted by molar-refractivity contribution is -0.177. The Morgan fingerprint density at radius 2 is 2.11 bits per heavy atom. The van der Waals surface area contributed by atoms with E-state index in [9.17, 15) is 15.0 Å². The van der Waals surface area contributed by atoms with Crippen molar-refractivity contribution in [2.75, 3.05) is 5.75 Å². The van der Waals surface area contributed by atoms with Crippen LogP contribution in [0.4, 0.5) is 0 Å². The Morgan fingerprint density at radius 3 is 2.95 bits per heavy atom. The van der Waals surface area contributed by atoms with Gasteiger partial charge in [0, 0.05) is 11.0 Å². The number of carbonyl (C=O) groups is 1. The highest BCUT2D eigenvalue weighted by atomic mass is 32.2. The summed E-state index contributed by atoms with van der Waals surface area (Å²) in [6.45, 7) is 4.36. The lowest BCUT2D eigenvalue weighted by Crippen LogP contribution is -2.62. The molecule has 194 valence electrons. The third-order valence-electron chi connectivity index (χ3n) is 10.4. The van der Waals surface area contributed by atoms with Crippen molar-refractivity contribution in [3.8, 4) is 0 Å². The summed E-state index contributed by atoms with van der Waals surface area (Å²) in [5.74, 6) is 1.52. The minimum absolute atomic E-state index is 0.100. The summed E-state index contributed by atoms with van der Waals surface area (Å²) in [5, 5.41) is 27.7. The van der Waals surface area contributed by atoms with E-state index in [0.717, 1.165) is 51.6 Å². The predicted octanol–water partition coefficient (Wildman–Crippen LogP) is 5.53. The molecule has 0 radical (unpaired) electrons. The van der Waals surface area contributed by atoms with Crippen LogP contribution in [0.3, 0.4) is 0 Å². The quantitative estimate of drug-likeness (QED) is 0.423. The van der Waals surface area contributed by atoms with Gasteiger partial charge in [-0.15, -0.1) is 11.3 Å². The number of carbonyl (C=O) groups excluding carboxylic acids is 1. The van der Waals surface area contributed by atoms with Gasteiger partial charge < -0.3 is 14.7 Å². The van der Waals surface area contributed by atoms with Crippen molar-refractivity contribution in [2.45, 2.75) is 68.4 Å². The zero-order valence-electron chi connectivity index (χ0n) is 21.1. The summed E-state index contributed by atoms with van der Waals surface area (Å²) in [4.78, 5) is 18.3. The minimum Gasteiger partial charge on any atom is -0.393 e. The van der Waals surface area contributed by atoms with Crippen molar-refractivity contribution in [2.24, 2.45) is 28.6 Å². The summed E-state index contributed by atoms with van der Waals surface area (Å²) in [6, 6.07) is 7.98. The van der Waals surface area contributed by atoms with E-state index >= 15 is 0 Å². The molecule has 6 nitrogen and oxygen atoms in total. The summed E-state index contributed by atoms with van der Waals surface area (Å²) in [6.07, 6.45) is 7.88. The molecule has 3 saturated carbocycles. The summed E-state index contributed by atoms with van der Waals surface area (Å²) < 4.78 is 7.41. The Kier molecular flexibility index (Phi) is 5.37. The van der Waals surface area contributed by atoms with Gasteiger partial charge in [0.05, 0.1) is 28.3 Å². The Morgan fingerprint density at radius 1 is 1.27 bits per heavy atom. The maximum atomic E-state index is 13.7. The fourth-order valence-electron chi connectivity index (χ4n) is 8.64. The molecule has 3 fully saturated rings. The van der Waals surface area contributed by atoms with Crippen LogP contribution in [-0.2, 0) is 11.2 Å². The highest BCUT2D eigenvalue weighted by Gasteiger charge is 2.68.